The zero-order chi connectivity index (χ0) is 17.6. The summed E-state index contributed by atoms with van der Waals surface area (Å²) in [7, 11) is 0. The minimum Gasteiger partial charge on any atom is -0.339 e. The van der Waals surface area contributed by atoms with Crippen LogP contribution in [0.1, 0.15) is 10.4 Å². The highest BCUT2D eigenvalue weighted by molar-refractivity contribution is 7.10. The number of nitrogens with zero attached hydrogens (tertiary/aromatic N) is 2. The van der Waals surface area contributed by atoms with Crippen LogP contribution >= 0.6 is 22.9 Å². The zero-order valence-electron chi connectivity index (χ0n) is 13.8. The smallest absolute Gasteiger partial charge is 0.317 e. The van der Waals surface area contributed by atoms with Crippen molar-refractivity contribution in [1.29, 1.82) is 0 Å². The molecule has 1 aliphatic rings. The second kappa shape index (κ2) is 8.36. The number of thiophene rings is 1. The highest BCUT2D eigenvalue weighted by Gasteiger charge is 2.24. The maximum absolute atomic E-state index is 12.3. The molecule has 132 valence electrons. The van der Waals surface area contributed by atoms with Crippen molar-refractivity contribution in [3.8, 4) is 0 Å². The van der Waals surface area contributed by atoms with E-state index in [1.165, 1.54) is 0 Å². The first-order chi connectivity index (χ1) is 12.1. The highest BCUT2D eigenvalue weighted by atomic mass is 35.5. The maximum atomic E-state index is 12.3. The maximum Gasteiger partial charge on any atom is 0.317 e. The first kappa shape index (κ1) is 17.8. The fraction of sp³-hybridized carbons (Fsp3) is 0.333. The Labute approximate surface area is 156 Å². The number of carbonyl (C=O) groups is 2. The van der Waals surface area contributed by atoms with E-state index in [-0.39, 0.29) is 11.9 Å². The number of nitrogens with one attached hydrogen (secondary N) is 1. The van der Waals surface area contributed by atoms with Crippen LogP contribution in [0.3, 0.4) is 0 Å². The van der Waals surface area contributed by atoms with Gasteiger partial charge < -0.3 is 15.1 Å². The first-order valence-corrected chi connectivity index (χ1v) is 9.45. The number of hydrogen-bond acceptors (Lipinski definition) is 3. The van der Waals surface area contributed by atoms with Gasteiger partial charge in [-0.15, -0.1) is 11.3 Å². The normalized spacial score (nSPS) is 14.4. The summed E-state index contributed by atoms with van der Waals surface area (Å²) in [5.41, 5.74) is 0.891. The summed E-state index contributed by atoms with van der Waals surface area (Å²) < 4.78 is 0. The van der Waals surface area contributed by atoms with E-state index < -0.39 is 0 Å². The van der Waals surface area contributed by atoms with Crippen LogP contribution in [0.5, 0.6) is 0 Å². The lowest BCUT2D eigenvalue weighted by Crippen LogP contribution is -2.53. The van der Waals surface area contributed by atoms with E-state index in [1.807, 2.05) is 40.6 Å². The predicted molar refractivity (Wildman–Crippen MR) is 99.9 cm³/mol. The number of hydrogen-bond donors (Lipinski definition) is 1. The number of amides is 3. The number of rotatable bonds is 4. The van der Waals surface area contributed by atoms with Crippen molar-refractivity contribution in [2.24, 2.45) is 0 Å². The summed E-state index contributed by atoms with van der Waals surface area (Å²) in [6, 6.07) is 11.3. The van der Waals surface area contributed by atoms with Crippen molar-refractivity contribution in [2.75, 3.05) is 26.2 Å². The molecule has 1 aliphatic heterocycles. The Morgan fingerprint density at radius 2 is 1.76 bits per heavy atom. The Bertz CT molecular complexity index is 728. The summed E-state index contributed by atoms with van der Waals surface area (Å²) in [5.74, 6) is 0.124. The van der Waals surface area contributed by atoms with Gasteiger partial charge in [0.15, 0.2) is 0 Å². The van der Waals surface area contributed by atoms with Crippen molar-refractivity contribution in [3.63, 3.8) is 0 Å². The number of halogens is 1. The molecule has 2 aromatic rings. The molecule has 3 amide bonds. The Kier molecular flexibility index (Phi) is 5.94. The van der Waals surface area contributed by atoms with Gasteiger partial charge in [0.1, 0.15) is 0 Å². The third kappa shape index (κ3) is 4.74. The second-order valence-electron chi connectivity index (χ2n) is 5.87. The molecule has 1 aromatic carbocycles. The largest absolute Gasteiger partial charge is 0.339 e. The quantitative estimate of drug-likeness (QED) is 0.890. The van der Waals surface area contributed by atoms with Crippen LogP contribution in [0.2, 0.25) is 5.02 Å². The van der Waals surface area contributed by atoms with Gasteiger partial charge >= 0.3 is 6.03 Å². The summed E-state index contributed by atoms with van der Waals surface area (Å²) in [6.07, 6.45) is 0.441. The molecule has 0 atom stereocenters. The lowest BCUT2D eigenvalue weighted by atomic mass is 10.2. The Hall–Kier alpha value is -2.05. The minimum atomic E-state index is -0.120. The van der Waals surface area contributed by atoms with Crippen LogP contribution < -0.4 is 5.32 Å². The third-order valence-electron chi connectivity index (χ3n) is 4.21. The number of urea groups is 1. The molecule has 1 N–H and O–H groups in total. The fourth-order valence-electron chi connectivity index (χ4n) is 2.76. The molecule has 25 heavy (non-hydrogen) atoms. The van der Waals surface area contributed by atoms with E-state index in [0.29, 0.717) is 44.2 Å². The van der Waals surface area contributed by atoms with Gasteiger partial charge in [-0.25, -0.2) is 4.79 Å². The van der Waals surface area contributed by atoms with E-state index in [0.717, 1.165) is 10.4 Å². The van der Waals surface area contributed by atoms with Gasteiger partial charge in [-0.2, -0.15) is 0 Å². The van der Waals surface area contributed by atoms with Crippen LogP contribution in [0.15, 0.2) is 41.8 Å². The first-order valence-electron chi connectivity index (χ1n) is 8.20. The monoisotopic (exact) mass is 377 g/mol. The third-order valence-corrected chi connectivity index (χ3v) is 5.46. The molecule has 0 saturated carbocycles. The molecule has 2 heterocycles. The highest BCUT2D eigenvalue weighted by Crippen LogP contribution is 2.15. The molecule has 0 unspecified atom stereocenters. The van der Waals surface area contributed by atoms with Crippen molar-refractivity contribution in [2.45, 2.75) is 13.0 Å². The standard InChI is InChI=1S/C18H20ClN3O2S/c19-16-6-2-1-4-14(16)13-20-18(24)22-9-7-21(8-10-22)17(23)12-15-5-3-11-25-15/h1-6,11H,7-10,12-13H2,(H,20,24). The SMILES string of the molecule is O=C(Cc1cccs1)N1CCN(C(=O)NCc2ccccc2Cl)CC1. The van der Waals surface area contributed by atoms with Gasteiger partial charge in [-0.3, -0.25) is 4.79 Å². The van der Waals surface area contributed by atoms with Crippen LogP contribution in [0, 0.1) is 0 Å². The summed E-state index contributed by atoms with van der Waals surface area (Å²) in [4.78, 5) is 29.2. The van der Waals surface area contributed by atoms with Gasteiger partial charge in [-0.1, -0.05) is 35.9 Å². The minimum absolute atomic E-state index is 0.120. The zero-order valence-corrected chi connectivity index (χ0v) is 15.4. The van der Waals surface area contributed by atoms with Gasteiger partial charge in [0.2, 0.25) is 5.91 Å². The molecule has 3 rings (SSSR count). The number of carbonyl (C=O) groups excluding carboxylic acids is 2. The topological polar surface area (TPSA) is 52.7 Å². The Balaban J connectivity index is 1.44. The molecule has 1 saturated heterocycles. The fourth-order valence-corrected chi connectivity index (χ4v) is 3.66. The Morgan fingerprint density at radius 1 is 1.04 bits per heavy atom. The van der Waals surface area contributed by atoms with Crippen LogP contribution in [0.25, 0.3) is 0 Å². The summed E-state index contributed by atoms with van der Waals surface area (Å²) in [5, 5.41) is 5.51. The van der Waals surface area contributed by atoms with Crippen molar-refractivity contribution < 1.29 is 9.59 Å². The predicted octanol–water partition coefficient (Wildman–Crippen LogP) is 3.00. The van der Waals surface area contributed by atoms with Crippen molar-refractivity contribution in [1.82, 2.24) is 15.1 Å². The molecule has 1 fully saturated rings. The average Bonchev–Trinajstić information content (AvgIpc) is 3.14. The van der Waals surface area contributed by atoms with Crippen molar-refractivity contribution in [3.05, 3.63) is 57.2 Å². The number of piperazine rings is 1. The molecule has 7 heteroatoms. The Morgan fingerprint density at radius 3 is 2.44 bits per heavy atom. The molecule has 0 bridgehead atoms. The van der Waals surface area contributed by atoms with Gasteiger partial charge in [0.25, 0.3) is 0 Å². The molecule has 1 aromatic heterocycles. The average molecular weight is 378 g/mol. The lowest BCUT2D eigenvalue weighted by Gasteiger charge is -2.34. The molecule has 5 nitrogen and oxygen atoms in total. The summed E-state index contributed by atoms with van der Waals surface area (Å²) in [6.45, 7) is 2.64. The molecule has 0 radical (unpaired) electrons. The van der Waals surface area contributed by atoms with Gasteiger partial charge in [0.05, 0.1) is 6.42 Å². The van der Waals surface area contributed by atoms with E-state index in [9.17, 15) is 9.59 Å². The van der Waals surface area contributed by atoms with Crippen LogP contribution in [-0.4, -0.2) is 47.9 Å². The van der Waals surface area contributed by atoms with Gasteiger partial charge in [-0.05, 0) is 23.1 Å². The van der Waals surface area contributed by atoms with E-state index in [2.05, 4.69) is 5.32 Å². The van der Waals surface area contributed by atoms with E-state index in [1.54, 1.807) is 22.3 Å². The molecule has 0 spiro atoms. The van der Waals surface area contributed by atoms with Crippen molar-refractivity contribution >= 4 is 34.9 Å². The number of benzene rings is 1. The second-order valence-corrected chi connectivity index (χ2v) is 7.31. The van der Waals surface area contributed by atoms with Crippen LogP contribution in [-0.2, 0) is 17.8 Å². The van der Waals surface area contributed by atoms with Gasteiger partial charge in [0, 0.05) is 42.6 Å². The molecular weight excluding hydrogens is 358 g/mol. The molecular formula is C18H20ClN3O2S. The van der Waals surface area contributed by atoms with E-state index >= 15 is 0 Å². The molecule has 0 aliphatic carbocycles. The van der Waals surface area contributed by atoms with E-state index in [4.69, 9.17) is 11.6 Å². The van der Waals surface area contributed by atoms with Crippen LogP contribution in [0.4, 0.5) is 4.79 Å². The summed E-state index contributed by atoms with van der Waals surface area (Å²) >= 11 is 7.69. The lowest BCUT2D eigenvalue weighted by molar-refractivity contribution is -0.131.